The zero-order chi connectivity index (χ0) is 24.3. The summed E-state index contributed by atoms with van der Waals surface area (Å²) < 4.78 is 12.1. The number of ether oxygens (including phenoxy) is 2. The summed E-state index contributed by atoms with van der Waals surface area (Å²) in [6.45, 7) is 2.20. The van der Waals surface area contributed by atoms with Crippen LogP contribution in [-0.4, -0.2) is 30.1 Å². The maximum atomic E-state index is 12.4. The van der Waals surface area contributed by atoms with Gasteiger partial charge in [-0.2, -0.15) is 0 Å². The van der Waals surface area contributed by atoms with E-state index in [2.05, 4.69) is 32.1 Å². The number of carbonyl (C=O) groups excluding carboxylic acids is 2. The minimum Gasteiger partial charge on any atom is -0.493 e. The fraction of sp³-hybridized carbons (Fsp3) is 0.160. The van der Waals surface area contributed by atoms with Gasteiger partial charge in [-0.05, 0) is 72.7 Å². The van der Waals surface area contributed by atoms with Crippen molar-refractivity contribution in [1.82, 2.24) is 16.2 Å². The molecule has 176 valence electrons. The third kappa shape index (κ3) is 8.17. The first-order valence-corrected chi connectivity index (χ1v) is 11.7. The highest BCUT2D eigenvalue weighted by Crippen LogP contribution is 2.22. The summed E-state index contributed by atoms with van der Waals surface area (Å²) in [5, 5.41) is 2.46. The molecule has 3 aromatic carbocycles. The smallest absolute Gasteiger partial charge is 0.276 e. The first-order valence-electron chi connectivity index (χ1n) is 10.5. The summed E-state index contributed by atoms with van der Waals surface area (Å²) in [5.41, 5.74) is 7.37. The second kappa shape index (κ2) is 12.7. The molecule has 0 bridgehead atoms. The molecule has 0 atom stereocenters. The number of carbonyl (C=O) groups is 2. The van der Waals surface area contributed by atoms with Crippen LogP contribution in [-0.2, 0) is 11.2 Å². The van der Waals surface area contributed by atoms with Gasteiger partial charge in [0.25, 0.3) is 11.8 Å². The van der Waals surface area contributed by atoms with Crippen molar-refractivity contribution in [2.45, 2.75) is 13.3 Å². The van der Waals surface area contributed by atoms with Crippen LogP contribution in [0.3, 0.4) is 0 Å². The maximum Gasteiger partial charge on any atom is 0.276 e. The standard InChI is InChI=1S/C25H24BrN3O4S/c1-17-15-20(26)9-12-22(17)33-16-23(30)28-29-25(34)27-24(31)19-7-10-21(11-8-19)32-14-13-18-5-3-2-4-6-18/h2-12,15H,13-14,16H2,1H3,(H,28,30)(H2,27,29,31,34). The molecule has 0 radical (unpaired) electrons. The van der Waals surface area contributed by atoms with Crippen LogP contribution in [0.25, 0.3) is 0 Å². The molecule has 3 rings (SSSR count). The number of hydrogen-bond acceptors (Lipinski definition) is 5. The molecule has 2 amide bonds. The van der Waals surface area contributed by atoms with E-state index in [0.717, 1.165) is 16.5 Å². The van der Waals surface area contributed by atoms with E-state index in [9.17, 15) is 9.59 Å². The van der Waals surface area contributed by atoms with Gasteiger partial charge in [0.2, 0.25) is 0 Å². The molecular weight excluding hydrogens is 518 g/mol. The third-order valence-corrected chi connectivity index (χ3v) is 5.35. The lowest BCUT2D eigenvalue weighted by atomic mass is 10.2. The highest BCUT2D eigenvalue weighted by Gasteiger charge is 2.10. The van der Waals surface area contributed by atoms with Gasteiger partial charge in [0, 0.05) is 16.5 Å². The van der Waals surface area contributed by atoms with Crippen molar-refractivity contribution in [3.63, 3.8) is 0 Å². The van der Waals surface area contributed by atoms with E-state index in [1.54, 1.807) is 30.3 Å². The van der Waals surface area contributed by atoms with E-state index in [4.69, 9.17) is 21.7 Å². The predicted octanol–water partition coefficient (Wildman–Crippen LogP) is 4.09. The molecule has 0 saturated heterocycles. The zero-order valence-corrected chi connectivity index (χ0v) is 20.9. The molecule has 9 heteroatoms. The Morgan fingerprint density at radius 2 is 1.68 bits per heavy atom. The van der Waals surface area contributed by atoms with Gasteiger partial charge >= 0.3 is 0 Å². The van der Waals surface area contributed by atoms with E-state index < -0.39 is 11.8 Å². The molecule has 0 aliphatic rings. The van der Waals surface area contributed by atoms with Crippen molar-refractivity contribution >= 4 is 45.1 Å². The number of aryl methyl sites for hydroxylation is 1. The summed E-state index contributed by atoms with van der Waals surface area (Å²) >= 11 is 8.44. The second-order valence-corrected chi connectivity index (χ2v) is 8.59. The van der Waals surface area contributed by atoms with Crippen molar-refractivity contribution in [2.24, 2.45) is 0 Å². The average Bonchev–Trinajstić information content (AvgIpc) is 2.83. The third-order valence-electron chi connectivity index (χ3n) is 4.66. The van der Waals surface area contributed by atoms with Crippen LogP contribution in [0.1, 0.15) is 21.5 Å². The van der Waals surface area contributed by atoms with Crippen LogP contribution in [0.15, 0.2) is 77.3 Å². The van der Waals surface area contributed by atoms with Gasteiger partial charge in [0.1, 0.15) is 11.5 Å². The van der Waals surface area contributed by atoms with Crippen molar-refractivity contribution in [1.29, 1.82) is 0 Å². The summed E-state index contributed by atoms with van der Waals surface area (Å²) in [6, 6.07) is 22.3. The van der Waals surface area contributed by atoms with E-state index >= 15 is 0 Å². The van der Waals surface area contributed by atoms with Crippen LogP contribution in [0.4, 0.5) is 0 Å². The Hall–Kier alpha value is -3.43. The molecule has 0 unspecified atom stereocenters. The quantitative estimate of drug-likeness (QED) is 0.294. The number of hydrazine groups is 1. The minimum atomic E-state index is -0.448. The Morgan fingerprint density at radius 1 is 0.941 bits per heavy atom. The summed E-state index contributed by atoms with van der Waals surface area (Å²) in [5.74, 6) is 0.406. The van der Waals surface area contributed by atoms with E-state index in [1.165, 1.54) is 5.56 Å². The lowest BCUT2D eigenvalue weighted by Gasteiger charge is -2.12. The lowest BCUT2D eigenvalue weighted by molar-refractivity contribution is -0.123. The van der Waals surface area contributed by atoms with Gasteiger partial charge in [-0.3, -0.25) is 25.8 Å². The summed E-state index contributed by atoms with van der Waals surface area (Å²) in [6.07, 6.45) is 0.794. The normalized spacial score (nSPS) is 10.2. The molecular formula is C25H24BrN3O4S. The largest absolute Gasteiger partial charge is 0.493 e. The fourth-order valence-corrected chi connectivity index (χ4v) is 3.54. The number of amides is 2. The number of thiocarbonyl (C=S) groups is 1. The number of halogens is 1. The van der Waals surface area contributed by atoms with Gasteiger partial charge < -0.3 is 9.47 Å². The highest BCUT2D eigenvalue weighted by molar-refractivity contribution is 9.10. The van der Waals surface area contributed by atoms with Crippen LogP contribution >= 0.6 is 28.1 Å². The molecule has 0 spiro atoms. The lowest BCUT2D eigenvalue weighted by Crippen LogP contribution is -2.49. The monoisotopic (exact) mass is 541 g/mol. The van der Waals surface area contributed by atoms with Crippen LogP contribution in [0.5, 0.6) is 11.5 Å². The molecule has 34 heavy (non-hydrogen) atoms. The summed E-state index contributed by atoms with van der Waals surface area (Å²) in [4.78, 5) is 24.3. The Bertz CT molecular complexity index is 1140. The maximum absolute atomic E-state index is 12.4. The van der Waals surface area contributed by atoms with E-state index in [1.807, 2.05) is 49.4 Å². The molecule has 0 aromatic heterocycles. The van der Waals surface area contributed by atoms with E-state index in [0.29, 0.717) is 23.7 Å². The number of hydrogen-bond donors (Lipinski definition) is 3. The second-order valence-electron chi connectivity index (χ2n) is 7.26. The molecule has 3 N–H and O–H groups in total. The molecule has 0 heterocycles. The highest BCUT2D eigenvalue weighted by atomic mass is 79.9. The molecule has 0 saturated carbocycles. The van der Waals surface area contributed by atoms with Crippen LogP contribution < -0.4 is 25.6 Å². The molecule has 0 fully saturated rings. The number of benzene rings is 3. The number of rotatable bonds is 8. The number of nitrogens with one attached hydrogen (secondary N) is 3. The Morgan fingerprint density at radius 3 is 2.38 bits per heavy atom. The SMILES string of the molecule is Cc1cc(Br)ccc1OCC(=O)NNC(=S)NC(=O)c1ccc(OCCc2ccccc2)cc1. The Balaban J connectivity index is 1.37. The van der Waals surface area contributed by atoms with Crippen molar-refractivity contribution in [3.05, 3.63) is 94.0 Å². The molecule has 7 nitrogen and oxygen atoms in total. The first-order chi connectivity index (χ1) is 16.4. The predicted molar refractivity (Wildman–Crippen MR) is 138 cm³/mol. The first kappa shape index (κ1) is 25.2. The van der Waals surface area contributed by atoms with E-state index in [-0.39, 0.29) is 11.7 Å². The topological polar surface area (TPSA) is 88.7 Å². The fourth-order valence-electron chi connectivity index (χ4n) is 2.92. The molecule has 0 aliphatic heterocycles. The van der Waals surface area contributed by atoms with Crippen molar-refractivity contribution < 1.29 is 19.1 Å². The minimum absolute atomic E-state index is 0.0404. The van der Waals surface area contributed by atoms with Crippen LogP contribution in [0.2, 0.25) is 0 Å². The van der Waals surface area contributed by atoms with Crippen molar-refractivity contribution in [2.75, 3.05) is 13.2 Å². The Labute approximate surface area is 211 Å². The summed E-state index contributed by atoms with van der Waals surface area (Å²) in [7, 11) is 0. The van der Waals surface area contributed by atoms with Crippen LogP contribution in [0, 0.1) is 6.92 Å². The molecule has 0 aliphatic carbocycles. The van der Waals surface area contributed by atoms with Gasteiger partial charge in [0.15, 0.2) is 11.7 Å². The average molecular weight is 542 g/mol. The zero-order valence-electron chi connectivity index (χ0n) is 18.5. The van der Waals surface area contributed by atoms with Gasteiger partial charge in [-0.25, -0.2) is 0 Å². The van der Waals surface area contributed by atoms with Crippen molar-refractivity contribution in [3.8, 4) is 11.5 Å². The molecule has 3 aromatic rings. The van der Waals surface area contributed by atoms with Gasteiger partial charge in [0.05, 0.1) is 6.61 Å². The van der Waals surface area contributed by atoms with Gasteiger partial charge in [-0.15, -0.1) is 0 Å². The Kier molecular flexibility index (Phi) is 9.42. The van der Waals surface area contributed by atoms with Gasteiger partial charge in [-0.1, -0.05) is 46.3 Å².